The van der Waals surface area contributed by atoms with Crippen molar-refractivity contribution in [2.75, 3.05) is 11.9 Å². The third-order valence-corrected chi connectivity index (χ3v) is 2.83. The zero-order valence-electron chi connectivity index (χ0n) is 9.51. The van der Waals surface area contributed by atoms with E-state index in [2.05, 4.69) is 34.7 Å². The predicted octanol–water partition coefficient (Wildman–Crippen LogP) is 3.57. The molecule has 0 amide bonds. The maximum absolute atomic E-state index is 13.0. The van der Waals surface area contributed by atoms with Gasteiger partial charge in [-0.1, -0.05) is 22.0 Å². The molecule has 0 atom stereocenters. The first kappa shape index (κ1) is 13.6. The van der Waals surface area contributed by atoms with Crippen molar-refractivity contribution >= 4 is 15.9 Å². The normalized spacial score (nSPS) is 11.4. The number of halogens is 3. The van der Waals surface area contributed by atoms with Gasteiger partial charge in [0, 0.05) is 24.5 Å². The van der Waals surface area contributed by atoms with Crippen molar-refractivity contribution in [2.24, 2.45) is 0 Å². The van der Waals surface area contributed by atoms with Crippen molar-refractivity contribution in [3.05, 3.63) is 35.4 Å². The van der Waals surface area contributed by atoms with Gasteiger partial charge in [0.25, 0.3) is 0 Å². The average molecular weight is 292 g/mol. The highest BCUT2D eigenvalue weighted by molar-refractivity contribution is 9.09. The Kier molecular flexibility index (Phi) is 5.35. The number of hydrogen-bond donors (Lipinski definition) is 0. The van der Waals surface area contributed by atoms with E-state index in [1.165, 1.54) is 12.1 Å². The van der Waals surface area contributed by atoms with Gasteiger partial charge in [0.2, 0.25) is 0 Å². The van der Waals surface area contributed by atoms with Gasteiger partial charge in [0.15, 0.2) is 11.6 Å². The highest BCUT2D eigenvalue weighted by Gasteiger charge is 2.10. The molecule has 90 valence electrons. The molecule has 0 fully saturated rings. The van der Waals surface area contributed by atoms with E-state index < -0.39 is 11.6 Å². The van der Waals surface area contributed by atoms with Gasteiger partial charge in [0.05, 0.1) is 0 Å². The van der Waals surface area contributed by atoms with Crippen LogP contribution in [0.2, 0.25) is 0 Å². The lowest BCUT2D eigenvalue weighted by atomic mass is 10.2. The molecule has 4 heteroatoms. The molecular formula is C12H16BrF2N. The van der Waals surface area contributed by atoms with E-state index in [1.807, 2.05) is 0 Å². The van der Waals surface area contributed by atoms with Crippen molar-refractivity contribution < 1.29 is 8.78 Å². The van der Waals surface area contributed by atoms with Crippen LogP contribution in [0, 0.1) is 11.6 Å². The van der Waals surface area contributed by atoms with Gasteiger partial charge >= 0.3 is 0 Å². The average Bonchev–Trinajstić information content (AvgIpc) is 2.22. The molecule has 1 rings (SSSR count). The molecule has 1 nitrogen and oxygen atoms in total. The summed E-state index contributed by atoms with van der Waals surface area (Å²) in [5.41, 5.74) is 0.800. The highest BCUT2D eigenvalue weighted by Crippen LogP contribution is 2.12. The van der Waals surface area contributed by atoms with E-state index in [1.54, 1.807) is 6.07 Å². The molecule has 0 bridgehead atoms. The van der Waals surface area contributed by atoms with Crippen LogP contribution in [0.15, 0.2) is 18.2 Å². The van der Waals surface area contributed by atoms with Crippen molar-refractivity contribution in [1.29, 1.82) is 0 Å². The van der Waals surface area contributed by atoms with Crippen molar-refractivity contribution in [3.8, 4) is 0 Å². The van der Waals surface area contributed by atoms with Gasteiger partial charge in [-0.15, -0.1) is 0 Å². The summed E-state index contributed by atoms with van der Waals surface area (Å²) in [6.45, 7) is 5.70. The Bertz CT molecular complexity index is 342. The van der Waals surface area contributed by atoms with Gasteiger partial charge in [-0.05, 0) is 31.5 Å². The summed E-state index contributed by atoms with van der Waals surface area (Å²) in [6, 6.07) is 4.45. The fourth-order valence-corrected chi connectivity index (χ4v) is 1.96. The number of nitrogens with zero attached hydrogens (tertiary/aromatic N) is 1. The van der Waals surface area contributed by atoms with Gasteiger partial charge in [-0.3, -0.25) is 4.90 Å². The Morgan fingerprint density at radius 3 is 2.44 bits per heavy atom. The largest absolute Gasteiger partial charge is 0.296 e. The molecule has 0 N–H and O–H groups in total. The lowest BCUT2D eigenvalue weighted by molar-refractivity contribution is 0.227. The first-order valence-corrected chi connectivity index (χ1v) is 6.40. The van der Waals surface area contributed by atoms with Gasteiger partial charge < -0.3 is 0 Å². The van der Waals surface area contributed by atoms with E-state index in [0.717, 1.165) is 17.4 Å². The molecule has 0 aliphatic rings. The zero-order valence-corrected chi connectivity index (χ0v) is 11.1. The summed E-state index contributed by atoms with van der Waals surface area (Å²) >= 11 is 3.38. The van der Waals surface area contributed by atoms with Crippen LogP contribution in [0.25, 0.3) is 0 Å². The van der Waals surface area contributed by atoms with E-state index in [0.29, 0.717) is 12.6 Å². The van der Waals surface area contributed by atoms with Crippen LogP contribution in [0.3, 0.4) is 0 Å². The smallest absolute Gasteiger partial charge is 0.159 e. The van der Waals surface area contributed by atoms with Crippen molar-refractivity contribution in [2.45, 2.75) is 26.4 Å². The Balaban J connectivity index is 2.73. The minimum Gasteiger partial charge on any atom is -0.296 e. The second-order valence-corrected chi connectivity index (χ2v) is 4.79. The Morgan fingerprint density at radius 2 is 1.94 bits per heavy atom. The van der Waals surface area contributed by atoms with E-state index in [4.69, 9.17) is 0 Å². The van der Waals surface area contributed by atoms with Crippen LogP contribution in [0.4, 0.5) is 8.78 Å². The molecule has 0 aliphatic carbocycles. The Hall–Kier alpha value is -0.480. The quantitative estimate of drug-likeness (QED) is 0.750. The minimum atomic E-state index is -0.791. The second kappa shape index (κ2) is 6.30. The highest BCUT2D eigenvalue weighted by atomic mass is 79.9. The van der Waals surface area contributed by atoms with Crippen LogP contribution in [0.1, 0.15) is 19.4 Å². The van der Waals surface area contributed by atoms with Crippen LogP contribution >= 0.6 is 15.9 Å². The Morgan fingerprint density at radius 1 is 1.25 bits per heavy atom. The van der Waals surface area contributed by atoms with Crippen molar-refractivity contribution in [1.82, 2.24) is 4.90 Å². The fourth-order valence-electron chi connectivity index (χ4n) is 1.50. The summed E-state index contributed by atoms with van der Waals surface area (Å²) in [5, 5.41) is 0.870. The molecule has 0 spiro atoms. The summed E-state index contributed by atoms with van der Waals surface area (Å²) in [7, 11) is 0. The summed E-state index contributed by atoms with van der Waals surface area (Å²) < 4.78 is 25.8. The van der Waals surface area contributed by atoms with E-state index in [9.17, 15) is 8.78 Å². The fraction of sp³-hybridized carbons (Fsp3) is 0.500. The molecule has 16 heavy (non-hydrogen) atoms. The van der Waals surface area contributed by atoms with Gasteiger partial charge in [0.1, 0.15) is 0 Å². The molecule has 0 aliphatic heterocycles. The summed E-state index contributed by atoms with van der Waals surface area (Å²) in [4.78, 5) is 2.20. The van der Waals surface area contributed by atoms with Crippen LogP contribution in [-0.4, -0.2) is 22.8 Å². The molecule has 1 aromatic carbocycles. The molecule has 0 aromatic heterocycles. The predicted molar refractivity (Wildman–Crippen MR) is 65.7 cm³/mol. The van der Waals surface area contributed by atoms with E-state index >= 15 is 0 Å². The third kappa shape index (κ3) is 3.83. The topological polar surface area (TPSA) is 3.24 Å². The molecule has 0 unspecified atom stereocenters. The monoisotopic (exact) mass is 291 g/mol. The minimum absolute atomic E-state index is 0.380. The lowest BCUT2D eigenvalue weighted by Crippen LogP contribution is -2.32. The Labute approximate surface area is 104 Å². The summed E-state index contributed by atoms with van der Waals surface area (Å²) in [5.74, 6) is -1.57. The van der Waals surface area contributed by atoms with Gasteiger partial charge in [-0.25, -0.2) is 8.78 Å². The first-order valence-electron chi connectivity index (χ1n) is 5.28. The third-order valence-electron chi connectivity index (χ3n) is 2.47. The SMILES string of the molecule is CC(C)N(CCBr)Cc1ccc(F)c(F)c1. The maximum Gasteiger partial charge on any atom is 0.159 e. The summed E-state index contributed by atoms with van der Waals surface area (Å²) in [6.07, 6.45) is 0. The van der Waals surface area contributed by atoms with Crippen LogP contribution in [-0.2, 0) is 6.54 Å². The van der Waals surface area contributed by atoms with E-state index in [-0.39, 0.29) is 0 Å². The van der Waals surface area contributed by atoms with Crippen LogP contribution in [0.5, 0.6) is 0 Å². The molecule has 0 heterocycles. The standard InChI is InChI=1S/C12H16BrF2N/c1-9(2)16(6-5-13)8-10-3-4-11(14)12(15)7-10/h3-4,7,9H,5-6,8H2,1-2H3. The molecule has 0 radical (unpaired) electrons. The van der Waals surface area contributed by atoms with Crippen molar-refractivity contribution in [3.63, 3.8) is 0 Å². The molecule has 1 aromatic rings. The van der Waals surface area contributed by atoms with Gasteiger partial charge in [-0.2, -0.15) is 0 Å². The zero-order chi connectivity index (χ0) is 12.1. The lowest BCUT2D eigenvalue weighted by Gasteiger charge is -2.25. The number of rotatable bonds is 5. The number of benzene rings is 1. The number of hydrogen-bond acceptors (Lipinski definition) is 1. The maximum atomic E-state index is 13.0. The second-order valence-electron chi connectivity index (χ2n) is 4.00. The van der Waals surface area contributed by atoms with Crippen LogP contribution < -0.4 is 0 Å². The first-order chi connectivity index (χ1) is 7.54. The molecular weight excluding hydrogens is 276 g/mol. The number of alkyl halides is 1. The molecule has 0 saturated heterocycles. The molecule has 0 saturated carbocycles.